The molecule has 34 heavy (non-hydrogen) atoms. The quantitative estimate of drug-likeness (QED) is 0.502. The van der Waals surface area contributed by atoms with Crippen LogP contribution in [0.15, 0.2) is 77.5 Å². The van der Waals surface area contributed by atoms with E-state index in [2.05, 4.69) is 89.3 Å². The SMILES string of the molecule is CC(=O)[O-].C[Si]1(C)C2=CC(=[N+]3CCC3)C=CC2=C(c2ccccc2)c2ccc(N3CCC3)cc21. The number of fused-ring (bicyclic) bond motifs is 2. The summed E-state index contributed by atoms with van der Waals surface area (Å²) >= 11 is 0. The fourth-order valence-electron chi connectivity index (χ4n) is 5.28. The molecule has 4 nitrogen and oxygen atoms in total. The van der Waals surface area contributed by atoms with Crippen LogP contribution in [0.2, 0.25) is 13.1 Å². The second-order valence-corrected chi connectivity index (χ2v) is 14.3. The number of anilines is 1. The summed E-state index contributed by atoms with van der Waals surface area (Å²) in [7, 11) is -1.81. The Kier molecular flexibility index (Phi) is 5.90. The fraction of sp³-hybridized carbons (Fsp3) is 0.310. The number of benzene rings is 2. The van der Waals surface area contributed by atoms with Crippen molar-refractivity contribution in [3.05, 3.63) is 88.7 Å². The van der Waals surface area contributed by atoms with Gasteiger partial charge in [-0.25, -0.2) is 4.58 Å². The molecular weight excluding hydrogens is 436 g/mol. The van der Waals surface area contributed by atoms with Crippen LogP contribution in [0.3, 0.4) is 0 Å². The van der Waals surface area contributed by atoms with Crippen LogP contribution in [0, 0.1) is 0 Å². The summed E-state index contributed by atoms with van der Waals surface area (Å²) in [6.45, 7) is 10.9. The molecule has 0 aromatic heterocycles. The molecule has 174 valence electrons. The predicted molar refractivity (Wildman–Crippen MR) is 140 cm³/mol. The van der Waals surface area contributed by atoms with Gasteiger partial charge in [0, 0.05) is 36.9 Å². The van der Waals surface area contributed by atoms with E-state index in [-0.39, 0.29) is 0 Å². The number of nitrogens with zero attached hydrogens (tertiary/aromatic N) is 2. The van der Waals surface area contributed by atoms with Gasteiger partial charge in [-0.05, 0) is 64.2 Å². The van der Waals surface area contributed by atoms with Crippen molar-refractivity contribution in [2.75, 3.05) is 31.1 Å². The van der Waals surface area contributed by atoms with E-state index in [1.54, 1.807) is 10.4 Å². The average molecular weight is 469 g/mol. The molecule has 2 aromatic carbocycles. The molecule has 2 aromatic rings. The Morgan fingerprint density at radius 2 is 1.71 bits per heavy atom. The molecule has 0 saturated carbocycles. The van der Waals surface area contributed by atoms with Crippen LogP contribution < -0.4 is 15.2 Å². The summed E-state index contributed by atoms with van der Waals surface area (Å²) in [5.41, 5.74) is 8.47. The minimum absolute atomic E-state index is 0.972. The van der Waals surface area contributed by atoms with Crippen LogP contribution >= 0.6 is 0 Å². The highest BCUT2D eigenvalue weighted by molar-refractivity contribution is 6.98. The Labute approximate surface area is 203 Å². The molecule has 5 heteroatoms. The number of rotatable bonds is 2. The number of carbonyl (C=O) groups is 1. The zero-order valence-electron chi connectivity index (χ0n) is 20.3. The second-order valence-electron chi connectivity index (χ2n) is 10.00. The summed E-state index contributed by atoms with van der Waals surface area (Å²) in [5.74, 6) is -1.08. The van der Waals surface area contributed by atoms with Gasteiger partial charge in [0.15, 0.2) is 5.71 Å². The molecule has 0 spiro atoms. The van der Waals surface area contributed by atoms with Crippen LogP contribution in [0.25, 0.3) is 5.57 Å². The Morgan fingerprint density at radius 3 is 2.29 bits per heavy atom. The maximum Gasteiger partial charge on any atom is 0.199 e. The van der Waals surface area contributed by atoms with E-state index in [1.165, 1.54) is 72.7 Å². The normalized spacial score (nSPS) is 19.7. The molecular formula is C29H32N2O2Si. The topological polar surface area (TPSA) is 46.4 Å². The predicted octanol–water partition coefficient (Wildman–Crippen LogP) is 3.28. The van der Waals surface area contributed by atoms with E-state index >= 15 is 0 Å². The number of aliphatic carboxylic acids is 1. The van der Waals surface area contributed by atoms with Crippen LogP contribution in [-0.2, 0) is 4.79 Å². The van der Waals surface area contributed by atoms with Crippen LogP contribution in [0.4, 0.5) is 5.69 Å². The standard InChI is InChI=1S/C27H29N2Si.C2H4O2/c1-30(2)25-18-21(28-14-6-15-28)10-12-23(25)27(20-8-4-3-5-9-20)24-13-11-22(19-26(24)30)29-16-7-17-29;1-2(3)4/h3-5,8-13,18-19H,6-7,14-17H2,1-2H3;1H3,(H,3,4)/q+1;/p-1. The highest BCUT2D eigenvalue weighted by atomic mass is 28.3. The number of allylic oxidation sites excluding steroid dienone is 5. The lowest BCUT2D eigenvalue weighted by Gasteiger charge is -2.40. The number of hydrogen-bond donors (Lipinski definition) is 0. The lowest BCUT2D eigenvalue weighted by atomic mass is 9.89. The maximum absolute atomic E-state index is 8.89. The van der Waals surface area contributed by atoms with E-state index in [9.17, 15) is 0 Å². The van der Waals surface area contributed by atoms with Gasteiger partial charge in [0.05, 0.1) is 6.42 Å². The first-order valence-electron chi connectivity index (χ1n) is 12.3. The van der Waals surface area contributed by atoms with Crippen LogP contribution in [-0.4, -0.2) is 50.5 Å². The fourth-order valence-corrected chi connectivity index (χ4v) is 8.35. The highest BCUT2D eigenvalue weighted by Crippen LogP contribution is 2.42. The van der Waals surface area contributed by atoms with Crippen molar-refractivity contribution in [1.82, 2.24) is 0 Å². The van der Waals surface area contributed by atoms with Gasteiger partial charge in [-0.3, -0.25) is 0 Å². The zero-order chi connectivity index (χ0) is 23.9. The number of carboxylic acid groups (broad SMARTS) is 1. The summed E-state index contributed by atoms with van der Waals surface area (Å²) in [5, 5.41) is 12.1. The molecule has 0 radical (unpaired) electrons. The molecule has 6 rings (SSSR count). The Hall–Kier alpha value is -3.18. The van der Waals surface area contributed by atoms with E-state index in [0.29, 0.717) is 0 Å². The van der Waals surface area contributed by atoms with Gasteiger partial charge in [0.2, 0.25) is 0 Å². The van der Waals surface area contributed by atoms with Gasteiger partial charge in [-0.15, -0.1) is 0 Å². The zero-order valence-corrected chi connectivity index (χ0v) is 21.3. The molecule has 2 fully saturated rings. The van der Waals surface area contributed by atoms with Gasteiger partial charge in [-0.1, -0.05) is 49.5 Å². The Morgan fingerprint density at radius 1 is 1.00 bits per heavy atom. The molecule has 3 aliphatic heterocycles. The number of hydrogen-bond acceptors (Lipinski definition) is 3. The minimum atomic E-state index is -1.81. The Bertz CT molecular complexity index is 1250. The van der Waals surface area contributed by atoms with Crippen molar-refractivity contribution < 1.29 is 14.5 Å². The molecule has 0 unspecified atom stereocenters. The summed E-state index contributed by atoms with van der Waals surface area (Å²) < 4.78 is 2.53. The van der Waals surface area contributed by atoms with Gasteiger partial charge in [0.25, 0.3) is 0 Å². The monoisotopic (exact) mass is 468 g/mol. The maximum atomic E-state index is 8.89. The van der Waals surface area contributed by atoms with Crippen molar-refractivity contribution in [3.63, 3.8) is 0 Å². The molecule has 0 bridgehead atoms. The minimum Gasteiger partial charge on any atom is -0.550 e. The molecule has 0 amide bonds. The first kappa shape index (κ1) is 22.6. The summed E-state index contributed by atoms with van der Waals surface area (Å²) in [6, 6.07) is 18.3. The smallest absolute Gasteiger partial charge is 0.199 e. The van der Waals surface area contributed by atoms with E-state index in [0.717, 1.165) is 6.92 Å². The Balaban J connectivity index is 0.000000560. The second kappa shape index (κ2) is 8.88. The lowest BCUT2D eigenvalue weighted by molar-refractivity contribution is -0.582. The third kappa shape index (κ3) is 3.98. The van der Waals surface area contributed by atoms with Gasteiger partial charge < -0.3 is 14.8 Å². The van der Waals surface area contributed by atoms with E-state index in [4.69, 9.17) is 9.90 Å². The van der Waals surface area contributed by atoms with E-state index < -0.39 is 14.0 Å². The van der Waals surface area contributed by atoms with Crippen molar-refractivity contribution in [2.24, 2.45) is 0 Å². The summed E-state index contributed by atoms with van der Waals surface area (Å²) in [6.07, 6.45) is 9.93. The van der Waals surface area contributed by atoms with Crippen LogP contribution in [0.5, 0.6) is 0 Å². The average Bonchev–Trinajstić information content (AvgIpc) is 2.73. The van der Waals surface area contributed by atoms with Crippen molar-refractivity contribution in [1.29, 1.82) is 0 Å². The highest BCUT2D eigenvalue weighted by Gasteiger charge is 2.41. The number of carboxylic acids is 1. The van der Waals surface area contributed by atoms with Gasteiger partial charge >= 0.3 is 0 Å². The van der Waals surface area contributed by atoms with Crippen molar-refractivity contribution in [2.45, 2.75) is 32.9 Å². The van der Waals surface area contributed by atoms with Gasteiger partial charge in [-0.2, -0.15) is 0 Å². The van der Waals surface area contributed by atoms with Crippen molar-refractivity contribution >= 4 is 36.2 Å². The summed E-state index contributed by atoms with van der Waals surface area (Å²) in [4.78, 5) is 11.4. The third-order valence-electron chi connectivity index (χ3n) is 7.40. The largest absolute Gasteiger partial charge is 0.550 e. The van der Waals surface area contributed by atoms with E-state index in [1.807, 2.05) is 0 Å². The molecule has 0 atom stereocenters. The third-order valence-corrected chi connectivity index (χ3v) is 10.9. The van der Waals surface area contributed by atoms with Gasteiger partial charge in [0.1, 0.15) is 21.2 Å². The first-order chi connectivity index (χ1) is 16.4. The molecule has 4 aliphatic rings. The molecule has 0 N–H and O–H groups in total. The molecule has 2 saturated heterocycles. The molecule has 3 heterocycles. The molecule has 1 aliphatic carbocycles. The lowest BCUT2D eigenvalue weighted by Crippen LogP contribution is -2.50. The van der Waals surface area contributed by atoms with Crippen molar-refractivity contribution in [3.8, 4) is 0 Å². The number of carbonyl (C=O) groups excluding carboxylic acids is 1. The first-order valence-corrected chi connectivity index (χ1v) is 15.3. The van der Waals surface area contributed by atoms with Crippen LogP contribution in [0.1, 0.15) is 30.9 Å².